The van der Waals surface area contributed by atoms with Gasteiger partial charge in [0.25, 0.3) is 0 Å². The molecule has 0 aliphatic heterocycles. The van der Waals surface area contributed by atoms with E-state index in [-0.39, 0.29) is 0 Å². The number of hydrogen-bond donors (Lipinski definition) is 2. The van der Waals surface area contributed by atoms with E-state index in [0.29, 0.717) is 11.6 Å². The fraction of sp³-hybridized carbons (Fsp3) is 0. The molecule has 1 heterocycles. The van der Waals surface area contributed by atoms with E-state index >= 15 is 0 Å². The molecule has 4 nitrogen and oxygen atoms in total. The molecule has 0 aliphatic carbocycles. The van der Waals surface area contributed by atoms with Crippen molar-refractivity contribution in [1.82, 2.24) is 9.97 Å². The summed E-state index contributed by atoms with van der Waals surface area (Å²) >= 11 is 0. The first-order valence-corrected chi connectivity index (χ1v) is 4.08. The van der Waals surface area contributed by atoms with E-state index in [9.17, 15) is 0 Å². The highest BCUT2D eigenvalue weighted by atomic mass is 15.0. The maximum Gasteiger partial charge on any atom is 0.197 e. The number of nitrogens with one attached hydrogen (secondary N) is 1. The molecule has 0 bridgehead atoms. The predicted octanol–water partition coefficient (Wildman–Crippen LogP) is 2.21. The van der Waals surface area contributed by atoms with Gasteiger partial charge in [-0.2, -0.15) is 0 Å². The lowest BCUT2D eigenvalue weighted by Crippen LogP contribution is -1.85. The van der Waals surface area contributed by atoms with Gasteiger partial charge in [0, 0.05) is 0 Å². The van der Waals surface area contributed by atoms with Gasteiger partial charge in [0.05, 0.1) is 18.5 Å². The van der Waals surface area contributed by atoms with Gasteiger partial charge in [0.2, 0.25) is 0 Å². The highest BCUT2D eigenvalue weighted by Gasteiger charge is 2.01. The lowest BCUT2D eigenvalue weighted by molar-refractivity contribution is 1.33. The quantitative estimate of drug-likeness (QED) is 0.667. The zero-order chi connectivity index (χ0) is 9.97. The summed E-state index contributed by atoms with van der Waals surface area (Å²) in [6.45, 7) is 6.88. The summed E-state index contributed by atoms with van der Waals surface area (Å²) in [5, 5.41) is 0. The van der Waals surface area contributed by atoms with Crippen molar-refractivity contribution in [2.75, 3.05) is 5.73 Å². The smallest absolute Gasteiger partial charge is 0.197 e. The van der Waals surface area contributed by atoms with Gasteiger partial charge in [0.15, 0.2) is 11.6 Å². The summed E-state index contributed by atoms with van der Waals surface area (Å²) in [6.07, 6.45) is 1.65. The Kier molecular flexibility index (Phi) is 1.92. The molecule has 14 heavy (non-hydrogen) atoms. The van der Waals surface area contributed by atoms with Crippen LogP contribution in [0.25, 0.3) is 16.1 Å². The summed E-state index contributed by atoms with van der Waals surface area (Å²) in [7, 11) is 0. The third kappa shape index (κ3) is 1.43. The number of rotatable bonds is 1. The maximum atomic E-state index is 6.88. The number of hydrogen-bond acceptors (Lipinski definition) is 2. The predicted molar refractivity (Wildman–Crippen MR) is 54.7 cm³/mol. The molecule has 0 aliphatic rings. The monoisotopic (exact) mass is 184 g/mol. The molecule has 2 aromatic rings. The first-order valence-electron chi connectivity index (χ1n) is 4.08. The number of imidazole rings is 1. The molecule has 4 heteroatoms. The zero-order valence-electron chi connectivity index (χ0n) is 7.36. The van der Waals surface area contributed by atoms with E-state index in [2.05, 4.69) is 14.8 Å². The van der Waals surface area contributed by atoms with Gasteiger partial charge in [-0.05, 0) is 11.6 Å². The topological polar surface area (TPSA) is 59.1 Å². The standard InChI is InChI=1S/C10H8N4/c1-12-8-4-2-3-7(5-8)9-6-13-10(11)14-9/h2-6H,(H3,11,13,14). The highest BCUT2D eigenvalue weighted by Crippen LogP contribution is 2.22. The van der Waals surface area contributed by atoms with Crippen LogP contribution in [0.1, 0.15) is 0 Å². The zero-order valence-corrected chi connectivity index (χ0v) is 7.36. The molecule has 0 saturated heterocycles. The average Bonchev–Trinajstić information content (AvgIpc) is 2.65. The van der Waals surface area contributed by atoms with Crippen LogP contribution in [0.3, 0.4) is 0 Å². The molecule has 0 spiro atoms. The average molecular weight is 184 g/mol. The van der Waals surface area contributed by atoms with Gasteiger partial charge < -0.3 is 10.7 Å². The molecule has 0 radical (unpaired) electrons. The molecule has 3 N–H and O–H groups in total. The fourth-order valence-electron chi connectivity index (χ4n) is 1.23. The van der Waals surface area contributed by atoms with Crippen LogP contribution < -0.4 is 5.73 Å². The normalized spacial score (nSPS) is 9.64. The molecule has 0 atom stereocenters. The molecule has 1 aromatic carbocycles. The number of nitrogen functional groups attached to an aromatic ring is 1. The number of nitrogens with zero attached hydrogens (tertiary/aromatic N) is 2. The van der Waals surface area contributed by atoms with Crippen molar-refractivity contribution in [2.24, 2.45) is 0 Å². The molecule has 2 rings (SSSR count). The van der Waals surface area contributed by atoms with Gasteiger partial charge in [-0.25, -0.2) is 9.83 Å². The molecule has 0 unspecified atom stereocenters. The molecule has 68 valence electrons. The van der Waals surface area contributed by atoms with Crippen molar-refractivity contribution in [3.63, 3.8) is 0 Å². The van der Waals surface area contributed by atoms with E-state index in [0.717, 1.165) is 11.3 Å². The molecule has 0 fully saturated rings. The van der Waals surface area contributed by atoms with E-state index in [1.807, 2.05) is 12.1 Å². The Morgan fingerprint density at radius 1 is 1.43 bits per heavy atom. The van der Waals surface area contributed by atoms with Crippen molar-refractivity contribution in [3.8, 4) is 11.3 Å². The minimum atomic E-state index is 0.383. The lowest BCUT2D eigenvalue weighted by atomic mass is 10.1. The second kappa shape index (κ2) is 3.23. The number of benzene rings is 1. The van der Waals surface area contributed by atoms with E-state index in [1.54, 1.807) is 18.3 Å². The van der Waals surface area contributed by atoms with Crippen LogP contribution >= 0.6 is 0 Å². The minimum Gasteiger partial charge on any atom is -0.369 e. The molecular formula is C10H8N4. The van der Waals surface area contributed by atoms with Crippen molar-refractivity contribution < 1.29 is 0 Å². The summed E-state index contributed by atoms with van der Waals surface area (Å²) in [6, 6.07) is 7.29. The van der Waals surface area contributed by atoms with Crippen molar-refractivity contribution in [3.05, 3.63) is 41.9 Å². The maximum absolute atomic E-state index is 6.88. The van der Waals surface area contributed by atoms with Gasteiger partial charge in [-0.1, -0.05) is 18.2 Å². The molecule has 0 saturated carbocycles. The van der Waals surface area contributed by atoms with Crippen molar-refractivity contribution in [2.45, 2.75) is 0 Å². The van der Waals surface area contributed by atoms with Crippen molar-refractivity contribution in [1.29, 1.82) is 0 Å². The Bertz CT molecular complexity index is 493. The number of aromatic nitrogens is 2. The van der Waals surface area contributed by atoms with Gasteiger partial charge in [-0.3, -0.25) is 0 Å². The van der Waals surface area contributed by atoms with Crippen LogP contribution in [-0.4, -0.2) is 9.97 Å². The van der Waals surface area contributed by atoms with Crippen molar-refractivity contribution >= 4 is 11.6 Å². The minimum absolute atomic E-state index is 0.383. The largest absolute Gasteiger partial charge is 0.369 e. The Morgan fingerprint density at radius 2 is 2.29 bits per heavy atom. The van der Waals surface area contributed by atoms with Crippen LogP contribution in [0, 0.1) is 6.57 Å². The lowest BCUT2D eigenvalue weighted by Gasteiger charge is -1.96. The van der Waals surface area contributed by atoms with Crippen LogP contribution in [0.15, 0.2) is 30.5 Å². The third-order valence-corrected chi connectivity index (χ3v) is 1.88. The molecular weight excluding hydrogens is 176 g/mol. The number of anilines is 1. The Morgan fingerprint density at radius 3 is 2.93 bits per heavy atom. The summed E-state index contributed by atoms with van der Waals surface area (Å²) in [4.78, 5) is 10.1. The Hall–Kier alpha value is -2.28. The van der Waals surface area contributed by atoms with Gasteiger partial charge in [0.1, 0.15) is 0 Å². The third-order valence-electron chi connectivity index (χ3n) is 1.88. The Balaban J connectivity index is 2.47. The second-order valence-electron chi connectivity index (χ2n) is 2.84. The SMILES string of the molecule is [C-]#[N+]c1cccc(-c2cnc(N)[nH]2)c1. The molecule has 1 aromatic heterocycles. The number of aromatic amines is 1. The number of H-pyrrole nitrogens is 1. The Labute approximate surface area is 81.2 Å². The van der Waals surface area contributed by atoms with Crippen LogP contribution in [0.5, 0.6) is 0 Å². The van der Waals surface area contributed by atoms with Gasteiger partial charge in [-0.15, -0.1) is 0 Å². The number of nitrogens with two attached hydrogens (primary N) is 1. The summed E-state index contributed by atoms with van der Waals surface area (Å²) in [5.41, 5.74) is 7.81. The fourth-order valence-corrected chi connectivity index (χ4v) is 1.23. The second-order valence-corrected chi connectivity index (χ2v) is 2.84. The van der Waals surface area contributed by atoms with E-state index in [4.69, 9.17) is 12.3 Å². The van der Waals surface area contributed by atoms with E-state index in [1.165, 1.54) is 0 Å². The van der Waals surface area contributed by atoms with E-state index < -0.39 is 0 Å². The van der Waals surface area contributed by atoms with Gasteiger partial charge >= 0.3 is 0 Å². The first kappa shape index (κ1) is 8.32. The summed E-state index contributed by atoms with van der Waals surface area (Å²) < 4.78 is 0. The first-order chi connectivity index (χ1) is 6.79. The molecule has 0 amide bonds. The van der Waals surface area contributed by atoms with Crippen LogP contribution in [0.4, 0.5) is 11.6 Å². The van der Waals surface area contributed by atoms with Crippen LogP contribution in [0.2, 0.25) is 0 Å². The summed E-state index contributed by atoms with van der Waals surface area (Å²) in [5.74, 6) is 0.383. The highest BCUT2D eigenvalue weighted by molar-refractivity contribution is 5.65. The van der Waals surface area contributed by atoms with Crippen LogP contribution in [-0.2, 0) is 0 Å².